The Morgan fingerprint density at radius 3 is 2.27 bits per heavy atom. The zero-order valence-electron chi connectivity index (χ0n) is 13.7. The molecule has 0 fully saturated rings. The third-order valence-electron chi connectivity index (χ3n) is 4.03. The Labute approximate surface area is 154 Å². The van der Waals surface area contributed by atoms with Crippen molar-refractivity contribution < 1.29 is 9.59 Å². The Morgan fingerprint density at radius 1 is 0.808 bits per heavy atom. The summed E-state index contributed by atoms with van der Waals surface area (Å²) in [5, 5.41) is 2.86. The van der Waals surface area contributed by atoms with Crippen LogP contribution < -0.4 is 5.32 Å². The van der Waals surface area contributed by atoms with E-state index in [1.807, 2.05) is 36.4 Å². The molecule has 4 nitrogen and oxygen atoms in total. The van der Waals surface area contributed by atoms with Crippen LogP contribution >= 0.6 is 11.3 Å². The van der Waals surface area contributed by atoms with Gasteiger partial charge in [0.2, 0.25) is 0 Å². The number of ketones is 1. The van der Waals surface area contributed by atoms with Gasteiger partial charge in [0.25, 0.3) is 5.91 Å². The minimum absolute atomic E-state index is 0.0634. The lowest BCUT2D eigenvalue weighted by Crippen LogP contribution is -2.12. The van der Waals surface area contributed by atoms with Gasteiger partial charge in [-0.25, -0.2) is 4.98 Å². The third kappa shape index (κ3) is 3.25. The van der Waals surface area contributed by atoms with Gasteiger partial charge in [0.15, 0.2) is 5.78 Å². The summed E-state index contributed by atoms with van der Waals surface area (Å²) >= 11 is 1.56. The summed E-state index contributed by atoms with van der Waals surface area (Å²) in [6.45, 7) is 0. The molecule has 1 heterocycles. The second-order valence-electron chi connectivity index (χ2n) is 5.76. The smallest absolute Gasteiger partial charge is 0.255 e. The summed E-state index contributed by atoms with van der Waals surface area (Å²) in [5.41, 5.74) is 5.00. The lowest BCUT2D eigenvalue weighted by Gasteiger charge is -2.06. The highest BCUT2D eigenvalue weighted by Gasteiger charge is 2.11. The van der Waals surface area contributed by atoms with E-state index in [-0.39, 0.29) is 11.7 Å². The van der Waals surface area contributed by atoms with Gasteiger partial charge in [-0.1, -0.05) is 42.5 Å². The SMILES string of the molecule is O=C(Nc1ccc2scnc2c1)c1ccc(C(=O)c2ccccc2)cc1. The van der Waals surface area contributed by atoms with Gasteiger partial charge < -0.3 is 5.32 Å². The Hall–Kier alpha value is -3.31. The number of anilines is 1. The van der Waals surface area contributed by atoms with Crippen molar-refractivity contribution in [3.63, 3.8) is 0 Å². The van der Waals surface area contributed by atoms with Gasteiger partial charge in [-0.3, -0.25) is 9.59 Å². The second-order valence-corrected chi connectivity index (χ2v) is 6.65. The molecule has 3 aromatic carbocycles. The van der Waals surface area contributed by atoms with Crippen molar-refractivity contribution in [3.8, 4) is 0 Å². The van der Waals surface area contributed by atoms with Crippen LogP contribution in [0.3, 0.4) is 0 Å². The van der Waals surface area contributed by atoms with E-state index >= 15 is 0 Å². The summed E-state index contributed by atoms with van der Waals surface area (Å²) < 4.78 is 1.08. The number of carbonyl (C=O) groups excluding carboxylic acids is 2. The molecule has 0 atom stereocenters. The first-order valence-corrected chi connectivity index (χ1v) is 8.93. The summed E-state index contributed by atoms with van der Waals surface area (Å²) in [4.78, 5) is 29.1. The molecule has 0 spiro atoms. The molecule has 0 saturated heterocycles. The number of hydrogen-bond acceptors (Lipinski definition) is 4. The van der Waals surface area contributed by atoms with E-state index in [0.717, 1.165) is 10.2 Å². The molecule has 5 heteroatoms. The van der Waals surface area contributed by atoms with Gasteiger partial charge in [0, 0.05) is 22.4 Å². The van der Waals surface area contributed by atoms with Crippen LogP contribution in [0.1, 0.15) is 26.3 Å². The number of nitrogens with zero attached hydrogens (tertiary/aromatic N) is 1. The van der Waals surface area contributed by atoms with Crippen LogP contribution in [0, 0.1) is 0 Å². The minimum Gasteiger partial charge on any atom is -0.322 e. The summed E-state index contributed by atoms with van der Waals surface area (Å²) in [6.07, 6.45) is 0. The molecule has 26 heavy (non-hydrogen) atoms. The van der Waals surface area contributed by atoms with Crippen molar-refractivity contribution in [2.24, 2.45) is 0 Å². The fourth-order valence-corrected chi connectivity index (χ4v) is 3.33. The number of nitrogens with one attached hydrogen (secondary N) is 1. The Kier molecular flexibility index (Phi) is 4.29. The van der Waals surface area contributed by atoms with E-state index in [1.54, 1.807) is 53.2 Å². The van der Waals surface area contributed by atoms with Crippen molar-refractivity contribution in [3.05, 3.63) is 95.0 Å². The number of amides is 1. The summed E-state index contributed by atoms with van der Waals surface area (Å²) in [5.74, 6) is -0.287. The topological polar surface area (TPSA) is 59.1 Å². The predicted octanol–water partition coefficient (Wildman–Crippen LogP) is 4.78. The first-order chi connectivity index (χ1) is 12.7. The standard InChI is InChI=1S/C21H14N2O2S/c24-20(14-4-2-1-3-5-14)15-6-8-16(9-7-15)21(25)23-17-10-11-19-18(12-17)22-13-26-19/h1-13H,(H,23,25). The van der Waals surface area contributed by atoms with Crippen LogP contribution in [0.5, 0.6) is 0 Å². The van der Waals surface area contributed by atoms with E-state index in [1.165, 1.54) is 0 Å². The monoisotopic (exact) mass is 358 g/mol. The highest BCUT2D eigenvalue weighted by Crippen LogP contribution is 2.22. The number of aromatic nitrogens is 1. The van der Waals surface area contributed by atoms with Crippen molar-refractivity contribution in [2.75, 3.05) is 5.32 Å². The van der Waals surface area contributed by atoms with E-state index < -0.39 is 0 Å². The molecule has 1 amide bonds. The van der Waals surface area contributed by atoms with Gasteiger partial charge in [-0.15, -0.1) is 11.3 Å². The van der Waals surface area contributed by atoms with E-state index in [9.17, 15) is 9.59 Å². The number of thiazole rings is 1. The quantitative estimate of drug-likeness (QED) is 0.534. The Bertz CT molecular complexity index is 1090. The van der Waals surface area contributed by atoms with Gasteiger partial charge in [-0.2, -0.15) is 0 Å². The average Bonchev–Trinajstić information content (AvgIpc) is 3.16. The number of fused-ring (bicyclic) bond motifs is 1. The normalized spacial score (nSPS) is 10.6. The van der Waals surface area contributed by atoms with E-state index in [0.29, 0.717) is 22.4 Å². The Morgan fingerprint density at radius 2 is 1.50 bits per heavy atom. The maximum Gasteiger partial charge on any atom is 0.255 e. The molecule has 126 valence electrons. The zero-order chi connectivity index (χ0) is 17.9. The number of carbonyl (C=O) groups is 2. The van der Waals surface area contributed by atoms with Gasteiger partial charge >= 0.3 is 0 Å². The van der Waals surface area contributed by atoms with Crippen molar-refractivity contribution >= 4 is 38.9 Å². The molecule has 0 aliphatic heterocycles. The molecule has 0 aliphatic carbocycles. The highest BCUT2D eigenvalue weighted by molar-refractivity contribution is 7.16. The molecule has 1 N–H and O–H groups in total. The third-order valence-corrected chi connectivity index (χ3v) is 4.84. The van der Waals surface area contributed by atoms with Crippen LogP contribution in [0.4, 0.5) is 5.69 Å². The van der Waals surface area contributed by atoms with Gasteiger partial charge in [0.05, 0.1) is 15.7 Å². The maximum absolute atomic E-state index is 12.4. The fraction of sp³-hybridized carbons (Fsp3) is 0. The van der Waals surface area contributed by atoms with Crippen LogP contribution in [0.2, 0.25) is 0 Å². The van der Waals surface area contributed by atoms with Crippen molar-refractivity contribution in [2.45, 2.75) is 0 Å². The van der Waals surface area contributed by atoms with Crippen molar-refractivity contribution in [1.82, 2.24) is 4.98 Å². The van der Waals surface area contributed by atoms with Crippen LogP contribution in [-0.2, 0) is 0 Å². The van der Waals surface area contributed by atoms with Crippen LogP contribution in [0.15, 0.2) is 78.3 Å². The number of hydrogen-bond donors (Lipinski definition) is 1. The van der Waals surface area contributed by atoms with Gasteiger partial charge in [-0.05, 0) is 30.3 Å². The highest BCUT2D eigenvalue weighted by atomic mass is 32.1. The number of benzene rings is 3. The Balaban J connectivity index is 1.50. The summed E-state index contributed by atoms with van der Waals surface area (Å²) in [7, 11) is 0. The molecular weight excluding hydrogens is 344 g/mol. The minimum atomic E-state index is -0.224. The van der Waals surface area contributed by atoms with Gasteiger partial charge in [0.1, 0.15) is 0 Å². The second kappa shape index (κ2) is 6.90. The molecule has 1 aromatic heterocycles. The molecule has 4 rings (SSSR count). The molecule has 0 unspecified atom stereocenters. The van der Waals surface area contributed by atoms with E-state index in [2.05, 4.69) is 10.3 Å². The molecule has 0 saturated carbocycles. The summed E-state index contributed by atoms with van der Waals surface area (Å²) in [6, 6.07) is 21.4. The van der Waals surface area contributed by atoms with E-state index in [4.69, 9.17) is 0 Å². The lowest BCUT2D eigenvalue weighted by atomic mass is 10.0. The number of rotatable bonds is 4. The average molecular weight is 358 g/mol. The van der Waals surface area contributed by atoms with Crippen LogP contribution in [0.25, 0.3) is 10.2 Å². The first-order valence-electron chi connectivity index (χ1n) is 8.05. The fourth-order valence-electron chi connectivity index (χ4n) is 2.67. The van der Waals surface area contributed by atoms with Crippen molar-refractivity contribution in [1.29, 1.82) is 0 Å². The van der Waals surface area contributed by atoms with Crippen LogP contribution in [-0.4, -0.2) is 16.7 Å². The maximum atomic E-state index is 12.4. The molecule has 0 aliphatic rings. The first kappa shape index (κ1) is 16.2. The molecule has 4 aromatic rings. The molecule has 0 bridgehead atoms. The molecular formula is C21H14N2O2S. The zero-order valence-corrected chi connectivity index (χ0v) is 14.5. The predicted molar refractivity (Wildman–Crippen MR) is 104 cm³/mol. The largest absolute Gasteiger partial charge is 0.322 e. The molecule has 0 radical (unpaired) electrons. The lowest BCUT2D eigenvalue weighted by molar-refractivity contribution is 0.102.